The van der Waals surface area contributed by atoms with Crippen LogP contribution in [-0.4, -0.2) is 115 Å². The van der Waals surface area contributed by atoms with Gasteiger partial charge in [0.25, 0.3) is 5.91 Å². The zero-order valence-electron chi connectivity index (χ0n) is 28.4. The van der Waals surface area contributed by atoms with Crippen molar-refractivity contribution in [2.75, 3.05) is 76.3 Å². The second-order valence-electron chi connectivity index (χ2n) is 13.5. The number of rotatable bonds is 10. The third-order valence-corrected chi connectivity index (χ3v) is 10.2. The molecule has 50 heavy (non-hydrogen) atoms. The molecule has 0 radical (unpaired) electrons. The topological polar surface area (TPSA) is 92.1 Å². The van der Waals surface area contributed by atoms with E-state index in [1.807, 2.05) is 30.3 Å². The van der Waals surface area contributed by atoms with Crippen LogP contribution in [0.5, 0.6) is 6.01 Å². The molecule has 0 aliphatic carbocycles. The molecule has 2 atom stereocenters. The molecule has 6 rings (SSSR count). The number of nitriles is 1. The summed E-state index contributed by atoms with van der Waals surface area (Å²) in [6, 6.07) is 14.3. The lowest BCUT2D eigenvalue weighted by molar-refractivity contribution is -0.143. The number of nitrogens with zero attached hydrogens (tertiary/aromatic N) is 8. The fraction of sp³-hybridized carbons (Fsp3) is 0.500. The number of carbonyl (C=O) groups excluding carboxylic acids is 1. The number of hydrogen-bond donors (Lipinski definition) is 0. The van der Waals surface area contributed by atoms with E-state index < -0.39 is 24.7 Å². The Labute approximate surface area is 295 Å². The molecule has 1 aromatic heterocycles. The summed E-state index contributed by atoms with van der Waals surface area (Å²) in [4.78, 5) is 32.6. The minimum absolute atomic E-state index is 0.0498. The van der Waals surface area contributed by atoms with E-state index in [-0.39, 0.29) is 37.1 Å². The normalized spacial score (nSPS) is 19.9. The Bertz CT molecular complexity index is 1780. The van der Waals surface area contributed by atoms with Gasteiger partial charge in [0.2, 0.25) is 0 Å². The highest BCUT2D eigenvalue weighted by Crippen LogP contribution is 2.37. The predicted molar refractivity (Wildman–Crippen MR) is 188 cm³/mol. The van der Waals surface area contributed by atoms with Gasteiger partial charge in [0.1, 0.15) is 12.4 Å². The highest BCUT2D eigenvalue weighted by molar-refractivity contribution is 6.36. The van der Waals surface area contributed by atoms with Gasteiger partial charge in [-0.3, -0.25) is 9.69 Å². The van der Waals surface area contributed by atoms with Crippen LogP contribution in [0.2, 0.25) is 5.02 Å². The molecule has 266 valence electrons. The number of anilines is 2. The number of fused-ring (bicyclic) bond motifs is 2. The Morgan fingerprint density at radius 1 is 1.12 bits per heavy atom. The summed E-state index contributed by atoms with van der Waals surface area (Å²) in [5.41, 5.74) is 2.91. The minimum atomic E-state index is -4.39. The van der Waals surface area contributed by atoms with E-state index in [9.17, 15) is 23.2 Å². The smallest absolute Gasteiger partial charge is 0.401 e. The maximum absolute atomic E-state index is 13.5. The Morgan fingerprint density at radius 2 is 1.90 bits per heavy atom. The fourth-order valence-corrected chi connectivity index (χ4v) is 7.65. The quantitative estimate of drug-likeness (QED) is 0.260. The first kappa shape index (κ1) is 35.7. The highest BCUT2D eigenvalue weighted by Gasteiger charge is 2.36. The summed E-state index contributed by atoms with van der Waals surface area (Å²) in [7, 11) is 3.39. The van der Waals surface area contributed by atoms with E-state index in [4.69, 9.17) is 26.3 Å². The maximum Gasteiger partial charge on any atom is 0.401 e. The van der Waals surface area contributed by atoms with Crippen LogP contribution in [0.25, 0.3) is 10.8 Å². The molecule has 2 fully saturated rings. The van der Waals surface area contributed by atoms with E-state index in [0.717, 1.165) is 57.8 Å². The van der Waals surface area contributed by atoms with Gasteiger partial charge in [0, 0.05) is 61.0 Å². The molecule has 3 aliphatic heterocycles. The number of alkyl halides is 3. The van der Waals surface area contributed by atoms with Crippen molar-refractivity contribution >= 4 is 39.8 Å². The zero-order chi connectivity index (χ0) is 35.6. The van der Waals surface area contributed by atoms with E-state index in [1.54, 1.807) is 4.90 Å². The van der Waals surface area contributed by atoms with Gasteiger partial charge in [-0.05, 0) is 57.4 Å². The first-order chi connectivity index (χ1) is 23.9. The van der Waals surface area contributed by atoms with E-state index in [0.29, 0.717) is 44.2 Å². The summed E-state index contributed by atoms with van der Waals surface area (Å²) in [6.45, 7) is 6.11. The van der Waals surface area contributed by atoms with Gasteiger partial charge in [0.05, 0.1) is 42.3 Å². The van der Waals surface area contributed by atoms with Crippen LogP contribution in [0.1, 0.15) is 30.5 Å². The largest absolute Gasteiger partial charge is 0.462 e. The number of ether oxygens (including phenoxy) is 1. The number of carbonyl (C=O) groups is 1. The van der Waals surface area contributed by atoms with Crippen molar-refractivity contribution in [3.05, 3.63) is 64.8 Å². The molecule has 0 N–H and O–H groups in total. The molecule has 3 aromatic rings. The lowest BCUT2D eigenvalue weighted by Crippen LogP contribution is -2.56. The van der Waals surface area contributed by atoms with E-state index in [1.165, 1.54) is 7.05 Å². The number of aromatic nitrogens is 2. The van der Waals surface area contributed by atoms with Crippen molar-refractivity contribution in [3.63, 3.8) is 0 Å². The van der Waals surface area contributed by atoms with Gasteiger partial charge in [-0.15, -0.1) is 0 Å². The Hall–Kier alpha value is -4.12. The second kappa shape index (κ2) is 15.0. The van der Waals surface area contributed by atoms with E-state index in [2.05, 4.69) is 40.5 Å². The van der Waals surface area contributed by atoms with Crippen LogP contribution >= 0.6 is 11.6 Å². The van der Waals surface area contributed by atoms with E-state index >= 15 is 0 Å². The third kappa shape index (κ3) is 7.93. The predicted octanol–water partition coefficient (Wildman–Crippen LogP) is 5.30. The van der Waals surface area contributed by atoms with Crippen LogP contribution < -0.4 is 14.5 Å². The third-order valence-electron chi connectivity index (χ3n) is 9.85. The molecule has 0 bridgehead atoms. The number of benzene rings is 2. The number of likely N-dealkylation sites (tertiary alicyclic amines) is 1. The Kier molecular flexibility index (Phi) is 10.7. The first-order valence-corrected chi connectivity index (χ1v) is 17.3. The molecule has 0 spiro atoms. The summed E-state index contributed by atoms with van der Waals surface area (Å²) in [5.74, 6) is 0.275. The SMILES string of the molecule is C=C(CN(C)CC(F)(F)F)C(=O)N1CCN(c2nc(OC[C@@H]3CCCN3C)nc3c2CCN(c2cccc4cccc(Cl)c24)C3)C[C@@H]1CC#N. The van der Waals surface area contributed by atoms with Gasteiger partial charge < -0.3 is 24.3 Å². The lowest BCUT2D eigenvalue weighted by atomic mass is 10.0. The average molecular weight is 711 g/mol. The van der Waals surface area contributed by atoms with Crippen molar-refractivity contribution in [3.8, 4) is 12.1 Å². The number of hydrogen-bond acceptors (Lipinski definition) is 9. The monoisotopic (exact) mass is 710 g/mol. The molecule has 0 saturated carbocycles. The molecule has 10 nitrogen and oxygen atoms in total. The summed E-state index contributed by atoms with van der Waals surface area (Å²) in [6.07, 6.45) is -1.54. The van der Waals surface area contributed by atoms with Crippen LogP contribution in [0.3, 0.4) is 0 Å². The van der Waals surface area contributed by atoms with Gasteiger partial charge in [0.15, 0.2) is 0 Å². The van der Waals surface area contributed by atoms with Crippen LogP contribution in [0.15, 0.2) is 48.6 Å². The molecule has 2 aromatic carbocycles. The second-order valence-corrected chi connectivity index (χ2v) is 13.9. The molecule has 3 aliphatic rings. The first-order valence-electron chi connectivity index (χ1n) is 16.9. The van der Waals surface area contributed by atoms with Crippen LogP contribution in [0, 0.1) is 11.3 Å². The van der Waals surface area contributed by atoms with Gasteiger partial charge in [-0.25, -0.2) is 0 Å². The van der Waals surface area contributed by atoms with Crippen molar-refractivity contribution in [2.45, 2.75) is 50.5 Å². The zero-order valence-corrected chi connectivity index (χ0v) is 29.2. The van der Waals surface area contributed by atoms with Gasteiger partial charge in [-0.2, -0.15) is 28.4 Å². The van der Waals surface area contributed by atoms with Crippen molar-refractivity contribution in [1.29, 1.82) is 5.26 Å². The van der Waals surface area contributed by atoms with Crippen LogP contribution in [-0.2, 0) is 17.8 Å². The maximum atomic E-state index is 13.5. The van der Waals surface area contributed by atoms with Crippen molar-refractivity contribution in [2.24, 2.45) is 0 Å². The summed E-state index contributed by atoms with van der Waals surface area (Å²) < 4.78 is 45.0. The molecular weight excluding hydrogens is 669 g/mol. The fourth-order valence-electron chi connectivity index (χ4n) is 7.37. The Morgan fingerprint density at radius 3 is 2.62 bits per heavy atom. The van der Waals surface area contributed by atoms with Gasteiger partial charge in [-0.1, -0.05) is 42.4 Å². The number of piperazine rings is 1. The molecule has 4 heterocycles. The minimum Gasteiger partial charge on any atom is -0.462 e. The highest BCUT2D eigenvalue weighted by atomic mass is 35.5. The number of amides is 1. The summed E-state index contributed by atoms with van der Waals surface area (Å²) >= 11 is 6.71. The number of halogens is 4. The molecule has 1 amide bonds. The molecule has 14 heteroatoms. The molecule has 2 saturated heterocycles. The van der Waals surface area contributed by atoms with Crippen molar-refractivity contribution in [1.82, 2.24) is 24.7 Å². The lowest BCUT2D eigenvalue weighted by Gasteiger charge is -2.43. The Balaban J connectivity index is 1.27. The van der Waals surface area contributed by atoms with Crippen molar-refractivity contribution < 1.29 is 22.7 Å². The molecule has 0 unspecified atom stereocenters. The summed E-state index contributed by atoms with van der Waals surface area (Å²) in [5, 5.41) is 12.4. The number of likely N-dealkylation sites (N-methyl/N-ethyl adjacent to an activating group) is 2. The molecular formula is C36H42ClF3N8O2. The average Bonchev–Trinajstić information content (AvgIpc) is 3.49. The van der Waals surface area contributed by atoms with Gasteiger partial charge >= 0.3 is 12.2 Å². The van der Waals surface area contributed by atoms with Crippen LogP contribution in [0.4, 0.5) is 24.7 Å². The standard InChI is InChI=1S/C36H42ClF3N8O2/c1-24(19-44(2)23-36(38,39)40)34(49)48-18-17-47(20-26(48)12-14-41)33-28-13-16-46(31-11-5-8-25-7-4-10-29(37)32(25)31)21-30(28)42-35(43-33)50-22-27-9-6-15-45(27)3/h4-5,7-8,10-11,26-27H,1,6,9,12-13,15-23H2,2-3H3/t26-,27-/m0/s1.